The van der Waals surface area contributed by atoms with Crippen molar-refractivity contribution in [3.8, 4) is 17.1 Å². The van der Waals surface area contributed by atoms with Gasteiger partial charge in [0.2, 0.25) is 0 Å². The van der Waals surface area contributed by atoms with Crippen LogP contribution in [0.1, 0.15) is 6.42 Å². The third-order valence-electron chi connectivity index (χ3n) is 6.13. The van der Waals surface area contributed by atoms with Gasteiger partial charge in [-0.25, -0.2) is 4.98 Å². The van der Waals surface area contributed by atoms with Gasteiger partial charge in [0.25, 0.3) is 11.5 Å². The molecule has 5 aromatic rings. The summed E-state index contributed by atoms with van der Waals surface area (Å²) in [6.07, 6.45) is 0.561. The van der Waals surface area contributed by atoms with Crippen LogP contribution in [0.2, 0.25) is 0 Å². The van der Waals surface area contributed by atoms with E-state index in [4.69, 9.17) is 9.72 Å². The Labute approximate surface area is 215 Å². The second-order valence-corrected chi connectivity index (χ2v) is 8.61. The fourth-order valence-electron chi connectivity index (χ4n) is 4.32. The van der Waals surface area contributed by atoms with Gasteiger partial charge in [0.1, 0.15) is 11.6 Å². The van der Waals surface area contributed by atoms with Crippen molar-refractivity contribution in [3.05, 3.63) is 126 Å². The number of ether oxygens (including phenoxy) is 1. The minimum Gasteiger partial charge on any atom is -0.484 e. The highest BCUT2D eigenvalue weighted by Gasteiger charge is 2.18. The molecule has 0 aliphatic heterocycles. The van der Waals surface area contributed by atoms with Gasteiger partial charge in [-0.05, 0) is 42.8 Å². The van der Waals surface area contributed by atoms with E-state index in [0.29, 0.717) is 42.0 Å². The van der Waals surface area contributed by atoms with Crippen molar-refractivity contribution < 1.29 is 9.53 Å². The Kier molecular flexibility index (Phi) is 7.36. The molecular formula is C31H27N3O3. The lowest BCUT2D eigenvalue weighted by Gasteiger charge is -2.23. The monoisotopic (exact) mass is 489 g/mol. The Hall–Kier alpha value is -4.71. The van der Waals surface area contributed by atoms with Crippen LogP contribution in [0.5, 0.6) is 5.75 Å². The van der Waals surface area contributed by atoms with E-state index in [0.717, 1.165) is 11.3 Å². The quantitative estimate of drug-likeness (QED) is 0.272. The summed E-state index contributed by atoms with van der Waals surface area (Å²) in [6.45, 7) is 0.761. The summed E-state index contributed by atoms with van der Waals surface area (Å²) in [5, 5.41) is 0.578. The van der Waals surface area contributed by atoms with Gasteiger partial charge in [0.15, 0.2) is 6.61 Å². The molecule has 0 unspecified atom stereocenters. The van der Waals surface area contributed by atoms with E-state index in [1.807, 2.05) is 109 Å². The normalized spacial score (nSPS) is 10.8. The van der Waals surface area contributed by atoms with Gasteiger partial charge in [-0.15, -0.1) is 0 Å². The number of fused-ring (bicyclic) bond motifs is 1. The average Bonchev–Trinajstić information content (AvgIpc) is 2.96. The fourth-order valence-corrected chi connectivity index (χ4v) is 4.32. The SMILES string of the molecule is O=C(COc1ccccc1)N(CCCn1c(-c2ccccc2)nc2ccccc2c1=O)c1ccccc1. The molecular weight excluding hydrogens is 462 g/mol. The van der Waals surface area contributed by atoms with E-state index >= 15 is 0 Å². The number of aromatic nitrogens is 2. The maximum Gasteiger partial charge on any atom is 0.264 e. The number of rotatable bonds is 9. The average molecular weight is 490 g/mol. The van der Waals surface area contributed by atoms with Crippen molar-refractivity contribution >= 4 is 22.5 Å². The molecule has 1 heterocycles. The molecule has 37 heavy (non-hydrogen) atoms. The van der Waals surface area contributed by atoms with Gasteiger partial charge in [-0.3, -0.25) is 14.2 Å². The Morgan fingerprint density at radius 2 is 1.41 bits per heavy atom. The highest BCUT2D eigenvalue weighted by Crippen LogP contribution is 2.20. The highest BCUT2D eigenvalue weighted by atomic mass is 16.5. The zero-order valence-corrected chi connectivity index (χ0v) is 20.4. The smallest absolute Gasteiger partial charge is 0.264 e. The standard InChI is InChI=1S/C31H27N3O3/c35-29(23-37-26-17-8-3-9-18-26)33(25-15-6-2-7-16-25)21-12-22-34-30(24-13-4-1-5-14-24)32-28-20-11-10-19-27(28)31(34)36/h1-11,13-20H,12,21-23H2. The molecule has 6 nitrogen and oxygen atoms in total. The number of nitrogens with zero attached hydrogens (tertiary/aromatic N) is 3. The molecule has 184 valence electrons. The molecule has 0 saturated heterocycles. The van der Waals surface area contributed by atoms with Gasteiger partial charge >= 0.3 is 0 Å². The third-order valence-corrected chi connectivity index (χ3v) is 6.13. The first-order valence-electron chi connectivity index (χ1n) is 12.3. The van der Waals surface area contributed by atoms with Crippen LogP contribution in [0, 0.1) is 0 Å². The molecule has 0 aliphatic carbocycles. The molecule has 1 aromatic heterocycles. The van der Waals surface area contributed by atoms with Crippen LogP contribution in [0.3, 0.4) is 0 Å². The Bertz CT molecular complexity index is 1530. The summed E-state index contributed by atoms with van der Waals surface area (Å²) in [7, 11) is 0. The van der Waals surface area contributed by atoms with Crippen LogP contribution in [-0.4, -0.2) is 28.6 Å². The first kappa shape index (κ1) is 24.0. The summed E-state index contributed by atoms with van der Waals surface area (Å²) < 4.78 is 7.44. The fraction of sp³-hybridized carbons (Fsp3) is 0.129. The second kappa shape index (κ2) is 11.4. The number of hydrogen-bond acceptors (Lipinski definition) is 4. The lowest BCUT2D eigenvalue weighted by Crippen LogP contribution is -2.36. The first-order valence-corrected chi connectivity index (χ1v) is 12.3. The van der Waals surface area contributed by atoms with Crippen LogP contribution in [0.25, 0.3) is 22.3 Å². The molecule has 0 spiro atoms. The lowest BCUT2D eigenvalue weighted by molar-refractivity contribution is -0.120. The summed E-state index contributed by atoms with van der Waals surface area (Å²) in [5.74, 6) is 1.11. The van der Waals surface area contributed by atoms with E-state index in [1.165, 1.54) is 0 Å². The molecule has 4 aromatic carbocycles. The zero-order valence-electron chi connectivity index (χ0n) is 20.4. The Morgan fingerprint density at radius 1 is 0.784 bits per heavy atom. The largest absolute Gasteiger partial charge is 0.484 e. The Balaban J connectivity index is 1.39. The van der Waals surface area contributed by atoms with E-state index in [2.05, 4.69) is 0 Å². The maximum atomic E-state index is 13.5. The summed E-state index contributed by atoms with van der Waals surface area (Å²) in [4.78, 5) is 33.2. The summed E-state index contributed by atoms with van der Waals surface area (Å²) in [6, 6.07) is 35.9. The molecule has 0 fully saturated rings. The number of amides is 1. The lowest BCUT2D eigenvalue weighted by atomic mass is 10.1. The van der Waals surface area contributed by atoms with E-state index in [-0.39, 0.29) is 18.1 Å². The zero-order chi connectivity index (χ0) is 25.5. The highest BCUT2D eigenvalue weighted by molar-refractivity contribution is 5.94. The Morgan fingerprint density at radius 3 is 2.14 bits per heavy atom. The molecule has 5 rings (SSSR count). The van der Waals surface area contributed by atoms with Crippen molar-refractivity contribution in [3.63, 3.8) is 0 Å². The van der Waals surface area contributed by atoms with Gasteiger partial charge < -0.3 is 9.64 Å². The third kappa shape index (κ3) is 5.59. The second-order valence-electron chi connectivity index (χ2n) is 8.61. The molecule has 0 radical (unpaired) electrons. The first-order chi connectivity index (χ1) is 18.2. The number of hydrogen-bond donors (Lipinski definition) is 0. The van der Waals surface area contributed by atoms with Gasteiger partial charge in [0.05, 0.1) is 10.9 Å². The predicted molar refractivity (Wildman–Crippen MR) is 147 cm³/mol. The van der Waals surface area contributed by atoms with E-state index in [1.54, 1.807) is 15.5 Å². The molecule has 0 aliphatic rings. The molecule has 0 atom stereocenters. The van der Waals surface area contributed by atoms with Crippen LogP contribution in [0.4, 0.5) is 5.69 Å². The molecule has 6 heteroatoms. The van der Waals surface area contributed by atoms with Gasteiger partial charge in [0, 0.05) is 24.3 Å². The van der Waals surface area contributed by atoms with Crippen LogP contribution in [0.15, 0.2) is 120 Å². The van der Waals surface area contributed by atoms with Crippen LogP contribution in [-0.2, 0) is 11.3 Å². The van der Waals surface area contributed by atoms with E-state index < -0.39 is 0 Å². The maximum absolute atomic E-state index is 13.5. The minimum absolute atomic E-state index is 0.0777. The molecule has 0 N–H and O–H groups in total. The van der Waals surface area contributed by atoms with Crippen molar-refractivity contribution in [2.75, 3.05) is 18.1 Å². The summed E-state index contributed by atoms with van der Waals surface area (Å²) in [5.41, 5.74) is 2.24. The number of para-hydroxylation sites is 3. The number of carbonyl (C=O) groups is 1. The molecule has 0 saturated carbocycles. The predicted octanol–water partition coefficient (Wildman–Crippen LogP) is 5.57. The topological polar surface area (TPSA) is 64.4 Å². The number of benzene rings is 4. The minimum atomic E-state index is -0.151. The van der Waals surface area contributed by atoms with Crippen LogP contribution < -0.4 is 15.2 Å². The van der Waals surface area contributed by atoms with Crippen molar-refractivity contribution in [2.24, 2.45) is 0 Å². The molecule has 0 bridgehead atoms. The van der Waals surface area contributed by atoms with Crippen LogP contribution >= 0.6 is 0 Å². The van der Waals surface area contributed by atoms with Gasteiger partial charge in [-0.1, -0.05) is 78.9 Å². The van der Waals surface area contributed by atoms with Crippen molar-refractivity contribution in [1.29, 1.82) is 0 Å². The number of carbonyl (C=O) groups excluding carboxylic acids is 1. The van der Waals surface area contributed by atoms with Gasteiger partial charge in [-0.2, -0.15) is 0 Å². The number of anilines is 1. The van der Waals surface area contributed by atoms with Crippen molar-refractivity contribution in [2.45, 2.75) is 13.0 Å². The summed E-state index contributed by atoms with van der Waals surface area (Å²) >= 11 is 0. The molecule has 1 amide bonds. The van der Waals surface area contributed by atoms with Crippen molar-refractivity contribution in [1.82, 2.24) is 9.55 Å². The van der Waals surface area contributed by atoms with E-state index in [9.17, 15) is 9.59 Å².